The standard InChI is InChI=1S/C11H14N2O2S/c1-11(2,10(12)16)13-9(15)7-5-3-4-6-8(7)14/h3-6,14H,1-2H3,(H2,12,16)(H,13,15). The molecule has 0 fully saturated rings. The quantitative estimate of drug-likeness (QED) is 0.691. The van der Waals surface area contributed by atoms with E-state index in [1.165, 1.54) is 12.1 Å². The van der Waals surface area contributed by atoms with E-state index in [1.54, 1.807) is 26.0 Å². The zero-order chi connectivity index (χ0) is 12.3. The molecular formula is C11H14N2O2S. The van der Waals surface area contributed by atoms with Gasteiger partial charge in [-0.05, 0) is 26.0 Å². The highest BCUT2D eigenvalue weighted by Crippen LogP contribution is 2.16. The van der Waals surface area contributed by atoms with Crippen molar-refractivity contribution in [3.8, 4) is 5.75 Å². The number of nitrogens with two attached hydrogens (primary N) is 1. The summed E-state index contributed by atoms with van der Waals surface area (Å²) in [4.78, 5) is 12.0. The number of benzene rings is 1. The first-order valence-electron chi connectivity index (χ1n) is 4.75. The molecule has 0 unspecified atom stereocenters. The summed E-state index contributed by atoms with van der Waals surface area (Å²) in [6.07, 6.45) is 0. The predicted molar refractivity (Wildman–Crippen MR) is 66.4 cm³/mol. The molecule has 86 valence electrons. The summed E-state index contributed by atoms with van der Waals surface area (Å²) < 4.78 is 0. The van der Waals surface area contributed by atoms with Gasteiger partial charge in [-0.25, -0.2) is 0 Å². The lowest BCUT2D eigenvalue weighted by molar-refractivity contribution is 0.0929. The molecular weight excluding hydrogens is 224 g/mol. The zero-order valence-electron chi connectivity index (χ0n) is 9.15. The number of hydrogen-bond acceptors (Lipinski definition) is 3. The molecule has 0 bridgehead atoms. The number of carbonyl (C=O) groups excluding carboxylic acids is 1. The molecule has 1 aromatic carbocycles. The molecule has 0 heterocycles. The van der Waals surface area contributed by atoms with Crippen LogP contribution in [0.1, 0.15) is 24.2 Å². The van der Waals surface area contributed by atoms with E-state index in [0.29, 0.717) is 0 Å². The first-order valence-corrected chi connectivity index (χ1v) is 5.16. The monoisotopic (exact) mass is 238 g/mol. The summed E-state index contributed by atoms with van der Waals surface area (Å²) in [5.74, 6) is -0.477. The van der Waals surface area contributed by atoms with Gasteiger partial charge in [0.25, 0.3) is 5.91 Å². The van der Waals surface area contributed by atoms with Gasteiger partial charge in [-0.2, -0.15) is 0 Å². The third kappa shape index (κ3) is 2.70. The first-order chi connectivity index (χ1) is 7.34. The van der Waals surface area contributed by atoms with E-state index in [-0.39, 0.29) is 16.3 Å². The maximum absolute atomic E-state index is 11.8. The van der Waals surface area contributed by atoms with E-state index in [0.717, 1.165) is 0 Å². The van der Waals surface area contributed by atoms with Crippen LogP contribution in [0.4, 0.5) is 0 Å². The Morgan fingerprint density at radius 3 is 2.50 bits per heavy atom. The Bertz CT molecular complexity index is 430. The second kappa shape index (κ2) is 4.49. The average molecular weight is 238 g/mol. The van der Waals surface area contributed by atoms with Gasteiger partial charge in [0.1, 0.15) is 5.75 Å². The molecule has 0 aliphatic carbocycles. The summed E-state index contributed by atoms with van der Waals surface area (Å²) in [7, 11) is 0. The number of phenols is 1. The predicted octanol–water partition coefficient (Wildman–Crippen LogP) is 1.19. The van der Waals surface area contributed by atoms with E-state index in [2.05, 4.69) is 5.32 Å². The van der Waals surface area contributed by atoms with Crippen LogP contribution in [0.25, 0.3) is 0 Å². The minimum absolute atomic E-state index is 0.0706. The van der Waals surface area contributed by atoms with Gasteiger partial charge in [0.15, 0.2) is 0 Å². The van der Waals surface area contributed by atoms with Crippen LogP contribution in [0.15, 0.2) is 24.3 Å². The van der Waals surface area contributed by atoms with Crippen LogP contribution in [0.3, 0.4) is 0 Å². The van der Waals surface area contributed by atoms with Gasteiger partial charge in [0, 0.05) is 0 Å². The van der Waals surface area contributed by atoms with Crippen molar-refractivity contribution in [1.29, 1.82) is 0 Å². The maximum Gasteiger partial charge on any atom is 0.255 e. The molecule has 0 radical (unpaired) electrons. The van der Waals surface area contributed by atoms with Crippen molar-refractivity contribution in [2.45, 2.75) is 19.4 Å². The summed E-state index contributed by atoms with van der Waals surface area (Å²) in [5, 5.41) is 12.1. The number of carbonyl (C=O) groups is 1. The smallest absolute Gasteiger partial charge is 0.255 e. The Balaban J connectivity index is 2.89. The van der Waals surface area contributed by atoms with Crippen molar-refractivity contribution in [2.75, 3.05) is 0 Å². The molecule has 0 aliphatic heterocycles. The van der Waals surface area contributed by atoms with Crippen molar-refractivity contribution >= 4 is 23.1 Å². The van der Waals surface area contributed by atoms with E-state index >= 15 is 0 Å². The van der Waals surface area contributed by atoms with Crippen molar-refractivity contribution in [1.82, 2.24) is 5.32 Å². The Kier molecular flexibility index (Phi) is 3.49. The molecule has 0 saturated carbocycles. The highest BCUT2D eigenvalue weighted by Gasteiger charge is 2.25. The van der Waals surface area contributed by atoms with Crippen LogP contribution >= 0.6 is 12.2 Å². The Labute approximate surface area is 99.5 Å². The molecule has 0 spiro atoms. The second-order valence-electron chi connectivity index (χ2n) is 3.96. The van der Waals surface area contributed by atoms with Gasteiger partial charge in [0.2, 0.25) is 0 Å². The molecule has 5 heteroatoms. The summed E-state index contributed by atoms with van der Waals surface area (Å²) >= 11 is 4.83. The molecule has 0 aliphatic rings. The number of rotatable bonds is 3. The number of phenolic OH excluding ortho intramolecular Hbond substituents is 1. The lowest BCUT2D eigenvalue weighted by Crippen LogP contribution is -2.52. The summed E-state index contributed by atoms with van der Waals surface area (Å²) in [5.41, 5.74) is 4.91. The van der Waals surface area contributed by atoms with Crippen LogP contribution in [0.2, 0.25) is 0 Å². The highest BCUT2D eigenvalue weighted by molar-refractivity contribution is 7.80. The number of hydrogen-bond donors (Lipinski definition) is 3. The van der Waals surface area contributed by atoms with Gasteiger partial charge in [-0.1, -0.05) is 24.4 Å². The van der Waals surface area contributed by atoms with E-state index < -0.39 is 11.4 Å². The van der Waals surface area contributed by atoms with Gasteiger partial charge < -0.3 is 16.2 Å². The van der Waals surface area contributed by atoms with Crippen molar-refractivity contribution in [3.63, 3.8) is 0 Å². The highest BCUT2D eigenvalue weighted by atomic mass is 32.1. The van der Waals surface area contributed by atoms with Crippen LogP contribution in [-0.2, 0) is 0 Å². The summed E-state index contributed by atoms with van der Waals surface area (Å²) in [6, 6.07) is 6.29. The molecule has 4 nitrogen and oxygen atoms in total. The molecule has 4 N–H and O–H groups in total. The fraction of sp³-hybridized carbons (Fsp3) is 0.273. The Morgan fingerprint density at radius 2 is 2.00 bits per heavy atom. The third-order valence-corrected chi connectivity index (χ3v) is 2.70. The Morgan fingerprint density at radius 1 is 1.44 bits per heavy atom. The van der Waals surface area contributed by atoms with E-state index in [4.69, 9.17) is 18.0 Å². The van der Waals surface area contributed by atoms with E-state index in [9.17, 15) is 9.90 Å². The first kappa shape index (κ1) is 12.4. The van der Waals surface area contributed by atoms with Crippen molar-refractivity contribution < 1.29 is 9.90 Å². The molecule has 1 aromatic rings. The SMILES string of the molecule is CC(C)(NC(=O)c1ccccc1O)C(N)=S. The maximum atomic E-state index is 11.8. The van der Waals surface area contributed by atoms with Gasteiger partial charge >= 0.3 is 0 Å². The Hall–Kier alpha value is -1.62. The van der Waals surface area contributed by atoms with Crippen molar-refractivity contribution in [2.24, 2.45) is 5.73 Å². The second-order valence-corrected chi connectivity index (χ2v) is 4.40. The average Bonchev–Trinajstić information content (AvgIpc) is 2.17. The fourth-order valence-electron chi connectivity index (χ4n) is 1.08. The van der Waals surface area contributed by atoms with E-state index in [1.807, 2.05) is 0 Å². The zero-order valence-corrected chi connectivity index (χ0v) is 9.97. The molecule has 1 amide bonds. The molecule has 1 rings (SSSR count). The number of amides is 1. The van der Waals surface area contributed by atoms with Crippen molar-refractivity contribution in [3.05, 3.63) is 29.8 Å². The van der Waals surface area contributed by atoms with Gasteiger partial charge in [-0.3, -0.25) is 4.79 Å². The topological polar surface area (TPSA) is 75.3 Å². The normalized spacial score (nSPS) is 10.9. The molecule has 0 aromatic heterocycles. The minimum Gasteiger partial charge on any atom is -0.507 e. The van der Waals surface area contributed by atoms with Crippen LogP contribution in [-0.4, -0.2) is 21.5 Å². The number of aromatic hydroxyl groups is 1. The van der Waals surface area contributed by atoms with Crippen LogP contribution < -0.4 is 11.1 Å². The van der Waals surface area contributed by atoms with Gasteiger partial charge in [-0.15, -0.1) is 0 Å². The van der Waals surface area contributed by atoms with Crippen LogP contribution in [0, 0.1) is 0 Å². The molecule has 0 atom stereocenters. The largest absolute Gasteiger partial charge is 0.507 e. The fourth-order valence-corrected chi connectivity index (χ4v) is 1.13. The van der Waals surface area contributed by atoms with Crippen LogP contribution in [0.5, 0.6) is 5.75 Å². The lowest BCUT2D eigenvalue weighted by Gasteiger charge is -2.24. The number of thiocarbonyl (C=S) groups is 1. The van der Waals surface area contributed by atoms with Gasteiger partial charge in [0.05, 0.1) is 16.1 Å². The summed E-state index contributed by atoms with van der Waals surface area (Å²) in [6.45, 7) is 3.40. The molecule has 16 heavy (non-hydrogen) atoms. The number of para-hydroxylation sites is 1. The lowest BCUT2D eigenvalue weighted by atomic mass is 10.0. The number of nitrogens with one attached hydrogen (secondary N) is 1. The minimum atomic E-state index is -0.783. The third-order valence-electron chi connectivity index (χ3n) is 2.19. The molecule has 0 saturated heterocycles.